The molecule has 1 aromatic rings. The first kappa shape index (κ1) is 16.5. The van der Waals surface area contributed by atoms with Crippen molar-refractivity contribution in [2.24, 2.45) is 5.92 Å². The topological polar surface area (TPSA) is 15.3 Å². The van der Waals surface area contributed by atoms with E-state index in [-0.39, 0.29) is 0 Å². The van der Waals surface area contributed by atoms with Crippen molar-refractivity contribution < 1.29 is 0 Å². The van der Waals surface area contributed by atoms with Gasteiger partial charge >= 0.3 is 0 Å². The van der Waals surface area contributed by atoms with Crippen molar-refractivity contribution in [3.05, 3.63) is 35.9 Å². The van der Waals surface area contributed by atoms with E-state index in [1.165, 1.54) is 24.8 Å². The van der Waals surface area contributed by atoms with E-state index in [0.717, 1.165) is 19.0 Å². The van der Waals surface area contributed by atoms with E-state index in [0.29, 0.717) is 18.1 Å². The molecular weight excluding hydrogens is 256 g/mol. The van der Waals surface area contributed by atoms with Gasteiger partial charge in [0.05, 0.1) is 0 Å². The maximum absolute atomic E-state index is 3.75. The summed E-state index contributed by atoms with van der Waals surface area (Å²) in [5, 5.41) is 3.75. The first-order valence-electron chi connectivity index (χ1n) is 8.75. The maximum Gasteiger partial charge on any atom is 0.0450 e. The molecule has 1 N–H and O–H groups in total. The molecule has 2 rings (SSSR count). The third-order valence-corrected chi connectivity index (χ3v) is 5.39. The van der Waals surface area contributed by atoms with Gasteiger partial charge in [0.2, 0.25) is 0 Å². The molecule has 2 heteroatoms. The number of hydrogen-bond acceptors (Lipinski definition) is 2. The largest absolute Gasteiger partial charge is 0.307 e. The van der Waals surface area contributed by atoms with Crippen molar-refractivity contribution >= 4 is 0 Å². The van der Waals surface area contributed by atoms with E-state index < -0.39 is 0 Å². The van der Waals surface area contributed by atoms with Gasteiger partial charge in [0.25, 0.3) is 0 Å². The first-order chi connectivity index (χ1) is 10.2. The molecule has 1 fully saturated rings. The molecule has 3 unspecified atom stereocenters. The number of nitrogens with one attached hydrogen (secondary N) is 1. The standard InChI is InChI=1S/C19H32N2/c1-5-16(6-2)15(4)21-14-19(20-13-18(21)7-3)17-11-9-8-10-12-17/h8-12,15-16,18-20H,5-7,13-14H2,1-4H3. The number of benzene rings is 1. The molecule has 2 nitrogen and oxygen atoms in total. The number of nitrogens with zero attached hydrogens (tertiary/aromatic N) is 1. The van der Waals surface area contributed by atoms with Crippen LogP contribution in [0.3, 0.4) is 0 Å². The predicted molar refractivity (Wildman–Crippen MR) is 91.5 cm³/mol. The van der Waals surface area contributed by atoms with E-state index in [9.17, 15) is 0 Å². The van der Waals surface area contributed by atoms with E-state index in [4.69, 9.17) is 0 Å². The van der Waals surface area contributed by atoms with Gasteiger partial charge in [0.1, 0.15) is 0 Å². The van der Waals surface area contributed by atoms with Crippen molar-refractivity contribution in [2.75, 3.05) is 13.1 Å². The van der Waals surface area contributed by atoms with Crippen LogP contribution in [-0.2, 0) is 0 Å². The Morgan fingerprint density at radius 3 is 2.38 bits per heavy atom. The average Bonchev–Trinajstić information content (AvgIpc) is 2.56. The number of hydrogen-bond donors (Lipinski definition) is 1. The molecule has 0 saturated carbocycles. The minimum Gasteiger partial charge on any atom is -0.307 e. The molecular formula is C19H32N2. The quantitative estimate of drug-likeness (QED) is 0.842. The summed E-state index contributed by atoms with van der Waals surface area (Å²) >= 11 is 0. The molecule has 0 spiro atoms. The van der Waals surface area contributed by atoms with Crippen LogP contribution >= 0.6 is 0 Å². The third kappa shape index (κ3) is 3.87. The fourth-order valence-electron chi connectivity index (χ4n) is 3.85. The van der Waals surface area contributed by atoms with E-state index in [1.807, 2.05) is 0 Å². The maximum atomic E-state index is 3.75. The zero-order valence-corrected chi connectivity index (χ0v) is 14.2. The van der Waals surface area contributed by atoms with Gasteiger partial charge in [-0.3, -0.25) is 4.90 Å². The summed E-state index contributed by atoms with van der Waals surface area (Å²) in [7, 11) is 0. The molecule has 118 valence electrons. The van der Waals surface area contributed by atoms with Crippen LogP contribution in [0.2, 0.25) is 0 Å². The first-order valence-corrected chi connectivity index (χ1v) is 8.75. The van der Waals surface area contributed by atoms with Gasteiger partial charge in [-0.1, -0.05) is 63.9 Å². The molecule has 0 aromatic heterocycles. The minimum absolute atomic E-state index is 0.478. The van der Waals surface area contributed by atoms with Crippen molar-refractivity contribution in [3.8, 4) is 0 Å². The van der Waals surface area contributed by atoms with Gasteiger partial charge in [-0.05, 0) is 24.8 Å². The Bertz CT molecular complexity index is 399. The lowest BCUT2D eigenvalue weighted by Gasteiger charge is -2.46. The molecule has 0 bridgehead atoms. The Kier molecular flexibility index (Phi) is 6.25. The lowest BCUT2D eigenvalue weighted by Crippen LogP contribution is -2.56. The van der Waals surface area contributed by atoms with Crippen LogP contribution in [0.15, 0.2) is 30.3 Å². The van der Waals surface area contributed by atoms with Gasteiger partial charge in [-0.2, -0.15) is 0 Å². The monoisotopic (exact) mass is 288 g/mol. The molecule has 3 atom stereocenters. The summed E-state index contributed by atoms with van der Waals surface area (Å²) in [4.78, 5) is 2.77. The van der Waals surface area contributed by atoms with E-state index in [1.54, 1.807) is 0 Å². The lowest BCUT2D eigenvalue weighted by atomic mass is 9.90. The van der Waals surface area contributed by atoms with Crippen molar-refractivity contribution in [3.63, 3.8) is 0 Å². The smallest absolute Gasteiger partial charge is 0.0450 e. The molecule has 1 aliphatic heterocycles. The molecule has 1 saturated heterocycles. The fraction of sp³-hybridized carbons (Fsp3) is 0.684. The molecule has 0 amide bonds. The normalized spacial score (nSPS) is 25.2. The highest BCUT2D eigenvalue weighted by Gasteiger charge is 2.32. The summed E-state index contributed by atoms with van der Waals surface area (Å²) in [6.07, 6.45) is 3.81. The van der Waals surface area contributed by atoms with Gasteiger partial charge in [-0.25, -0.2) is 0 Å². The molecule has 1 aromatic carbocycles. The Hall–Kier alpha value is -0.860. The second kappa shape index (κ2) is 7.95. The van der Waals surface area contributed by atoms with Crippen LogP contribution in [0, 0.1) is 5.92 Å². The summed E-state index contributed by atoms with van der Waals surface area (Å²) < 4.78 is 0. The van der Waals surface area contributed by atoms with Gasteiger partial charge in [-0.15, -0.1) is 0 Å². The van der Waals surface area contributed by atoms with Crippen molar-refractivity contribution in [1.29, 1.82) is 0 Å². The molecule has 1 aliphatic rings. The SMILES string of the molecule is CCC(CC)C(C)N1CC(c2ccccc2)NCC1CC. The minimum atomic E-state index is 0.478. The summed E-state index contributed by atoms with van der Waals surface area (Å²) in [6, 6.07) is 12.7. The number of rotatable bonds is 6. The molecule has 1 heterocycles. The predicted octanol–water partition coefficient (Wildman–Crippen LogP) is 4.24. The van der Waals surface area contributed by atoms with Crippen LogP contribution in [0.25, 0.3) is 0 Å². The Labute approximate surface area is 130 Å². The Morgan fingerprint density at radius 1 is 1.14 bits per heavy atom. The van der Waals surface area contributed by atoms with Crippen LogP contribution in [0.1, 0.15) is 58.6 Å². The van der Waals surface area contributed by atoms with Crippen LogP contribution in [0.5, 0.6) is 0 Å². The Morgan fingerprint density at radius 2 is 1.81 bits per heavy atom. The van der Waals surface area contributed by atoms with Crippen LogP contribution in [0.4, 0.5) is 0 Å². The van der Waals surface area contributed by atoms with Gasteiger partial charge < -0.3 is 5.32 Å². The second-order valence-corrected chi connectivity index (χ2v) is 6.45. The highest BCUT2D eigenvalue weighted by atomic mass is 15.3. The van der Waals surface area contributed by atoms with Crippen LogP contribution in [-0.4, -0.2) is 30.1 Å². The number of piperazine rings is 1. The summed E-state index contributed by atoms with van der Waals surface area (Å²) in [5.41, 5.74) is 1.42. The third-order valence-electron chi connectivity index (χ3n) is 5.39. The molecule has 0 aliphatic carbocycles. The van der Waals surface area contributed by atoms with E-state index >= 15 is 0 Å². The fourth-order valence-corrected chi connectivity index (χ4v) is 3.85. The van der Waals surface area contributed by atoms with E-state index in [2.05, 4.69) is 68.2 Å². The van der Waals surface area contributed by atoms with Gasteiger partial charge in [0.15, 0.2) is 0 Å². The average molecular weight is 288 g/mol. The second-order valence-electron chi connectivity index (χ2n) is 6.45. The van der Waals surface area contributed by atoms with Crippen molar-refractivity contribution in [1.82, 2.24) is 10.2 Å². The zero-order chi connectivity index (χ0) is 15.2. The van der Waals surface area contributed by atoms with Crippen molar-refractivity contribution in [2.45, 2.75) is 65.1 Å². The van der Waals surface area contributed by atoms with Gasteiger partial charge in [0, 0.05) is 31.2 Å². The van der Waals surface area contributed by atoms with Crippen LogP contribution < -0.4 is 5.32 Å². The summed E-state index contributed by atoms with van der Waals surface area (Å²) in [6.45, 7) is 11.7. The lowest BCUT2D eigenvalue weighted by molar-refractivity contribution is 0.0547. The molecule has 21 heavy (non-hydrogen) atoms. The highest BCUT2D eigenvalue weighted by molar-refractivity contribution is 5.20. The highest BCUT2D eigenvalue weighted by Crippen LogP contribution is 2.27. The zero-order valence-electron chi connectivity index (χ0n) is 14.2. The molecule has 0 radical (unpaired) electrons. The summed E-state index contributed by atoms with van der Waals surface area (Å²) in [5.74, 6) is 0.813. The Balaban J connectivity index is 2.12.